The van der Waals surface area contributed by atoms with Crippen molar-refractivity contribution < 1.29 is 23.7 Å². The number of likely N-dealkylation sites (N-methyl/N-ethyl adjacent to an activating group) is 1. The summed E-state index contributed by atoms with van der Waals surface area (Å²) >= 11 is 0. The van der Waals surface area contributed by atoms with Gasteiger partial charge in [-0.25, -0.2) is 0 Å². The normalized spacial score (nSPS) is 13.3. The molecule has 3 rings (SSSR count). The van der Waals surface area contributed by atoms with Crippen molar-refractivity contribution in [3.8, 4) is 23.0 Å². The number of nitrogens with one attached hydrogen (secondary N) is 1. The Bertz CT molecular complexity index is 840. The van der Waals surface area contributed by atoms with Crippen LogP contribution in [0.3, 0.4) is 0 Å². The third-order valence-corrected chi connectivity index (χ3v) is 4.88. The molecule has 0 aromatic heterocycles. The molecule has 1 amide bonds. The lowest BCUT2D eigenvalue weighted by molar-refractivity contribution is -0.120. The fraction of sp³-hybridized carbons (Fsp3) is 0.381. The number of benzene rings is 2. The molecule has 7 nitrogen and oxygen atoms in total. The van der Waals surface area contributed by atoms with E-state index in [9.17, 15) is 4.79 Å². The van der Waals surface area contributed by atoms with Gasteiger partial charge in [0.05, 0.1) is 20.3 Å². The Balaban J connectivity index is 1.55. The van der Waals surface area contributed by atoms with Gasteiger partial charge in [0.2, 0.25) is 12.7 Å². The minimum Gasteiger partial charge on any atom is -0.493 e. The number of fused-ring (bicyclic) bond motifs is 1. The molecule has 1 atom stereocenters. The first-order chi connectivity index (χ1) is 13.5. The predicted molar refractivity (Wildman–Crippen MR) is 107 cm³/mol. The van der Waals surface area contributed by atoms with Gasteiger partial charge in [-0.1, -0.05) is 6.07 Å². The molecule has 1 aliphatic rings. The number of methoxy groups -OCH3 is 2. The van der Waals surface area contributed by atoms with Crippen molar-refractivity contribution >= 4 is 11.6 Å². The summed E-state index contributed by atoms with van der Waals surface area (Å²) in [6.45, 7) is 2.82. The van der Waals surface area contributed by atoms with Crippen LogP contribution >= 0.6 is 0 Å². The quantitative estimate of drug-likeness (QED) is 0.752. The smallest absolute Gasteiger partial charge is 0.241 e. The summed E-state index contributed by atoms with van der Waals surface area (Å²) in [6.07, 6.45) is 0.790. The number of hydrogen-bond acceptors (Lipinski definition) is 6. The van der Waals surface area contributed by atoms with Crippen LogP contribution < -0.4 is 24.3 Å². The zero-order chi connectivity index (χ0) is 20.1. The first-order valence-electron chi connectivity index (χ1n) is 9.13. The number of rotatable bonds is 8. The predicted octanol–water partition coefficient (Wildman–Crippen LogP) is 2.93. The van der Waals surface area contributed by atoms with Crippen molar-refractivity contribution in [2.45, 2.75) is 19.4 Å². The van der Waals surface area contributed by atoms with Gasteiger partial charge in [-0.2, -0.15) is 0 Å². The van der Waals surface area contributed by atoms with Crippen LogP contribution in [0.1, 0.15) is 12.5 Å². The molecule has 1 N–H and O–H groups in total. The number of amides is 1. The molecule has 150 valence electrons. The maximum atomic E-state index is 12.6. The summed E-state index contributed by atoms with van der Waals surface area (Å²) in [6, 6.07) is 11.0. The highest BCUT2D eigenvalue weighted by Crippen LogP contribution is 2.34. The molecule has 2 aromatic rings. The molecule has 1 aliphatic heterocycles. The van der Waals surface area contributed by atoms with Crippen molar-refractivity contribution in [2.24, 2.45) is 0 Å². The van der Waals surface area contributed by atoms with Gasteiger partial charge in [0.1, 0.15) is 0 Å². The Hall–Kier alpha value is -2.93. The Morgan fingerprint density at radius 2 is 1.86 bits per heavy atom. The van der Waals surface area contributed by atoms with E-state index in [1.807, 2.05) is 43.1 Å². The van der Waals surface area contributed by atoms with E-state index in [1.54, 1.807) is 26.4 Å². The summed E-state index contributed by atoms with van der Waals surface area (Å²) in [5, 5.41) is 2.93. The van der Waals surface area contributed by atoms with Crippen LogP contribution in [0.5, 0.6) is 23.0 Å². The maximum Gasteiger partial charge on any atom is 0.241 e. The van der Waals surface area contributed by atoms with E-state index in [-0.39, 0.29) is 18.7 Å². The van der Waals surface area contributed by atoms with Gasteiger partial charge in [-0.15, -0.1) is 0 Å². The van der Waals surface area contributed by atoms with Gasteiger partial charge in [-0.3, -0.25) is 9.69 Å². The fourth-order valence-corrected chi connectivity index (χ4v) is 2.96. The molecule has 0 aliphatic carbocycles. The lowest BCUT2D eigenvalue weighted by Gasteiger charge is -2.24. The van der Waals surface area contributed by atoms with E-state index >= 15 is 0 Å². The van der Waals surface area contributed by atoms with E-state index in [1.165, 1.54) is 0 Å². The molecule has 2 aromatic carbocycles. The minimum atomic E-state index is -0.287. The minimum absolute atomic E-state index is 0.0753. The number of nitrogens with zero attached hydrogens (tertiary/aromatic N) is 1. The van der Waals surface area contributed by atoms with Crippen molar-refractivity contribution in [2.75, 3.05) is 39.9 Å². The molecule has 0 saturated heterocycles. The first-order valence-corrected chi connectivity index (χ1v) is 9.13. The molecule has 1 heterocycles. The van der Waals surface area contributed by atoms with Gasteiger partial charge < -0.3 is 24.3 Å². The van der Waals surface area contributed by atoms with Crippen LogP contribution in [0.15, 0.2) is 36.4 Å². The second-order valence-electron chi connectivity index (χ2n) is 6.65. The van der Waals surface area contributed by atoms with Crippen LogP contribution in [0.2, 0.25) is 0 Å². The largest absolute Gasteiger partial charge is 0.493 e. The lowest BCUT2D eigenvalue weighted by Crippen LogP contribution is -2.40. The zero-order valence-corrected chi connectivity index (χ0v) is 16.7. The number of ether oxygens (including phenoxy) is 4. The molecule has 7 heteroatoms. The number of carbonyl (C=O) groups excluding carboxylic acids is 1. The summed E-state index contributed by atoms with van der Waals surface area (Å²) in [5.74, 6) is 2.67. The molecular weight excluding hydrogens is 360 g/mol. The zero-order valence-electron chi connectivity index (χ0n) is 16.7. The third kappa shape index (κ3) is 4.48. The standard InChI is InChI=1S/C21H26N2O5/c1-14(21(24)22-16-6-8-18-20(12-16)28-13-27-18)23(2)10-9-15-5-7-17(25-3)19(11-15)26-4/h5-8,11-12,14H,9-10,13H2,1-4H3,(H,22,24)/t14-/m1/s1. The average molecular weight is 386 g/mol. The van der Waals surface area contributed by atoms with E-state index < -0.39 is 0 Å². The molecule has 0 bridgehead atoms. The summed E-state index contributed by atoms with van der Waals surface area (Å²) < 4.78 is 21.2. The van der Waals surface area contributed by atoms with Crippen molar-refractivity contribution in [1.29, 1.82) is 0 Å². The Labute approximate surface area is 165 Å². The Morgan fingerprint density at radius 3 is 2.61 bits per heavy atom. The van der Waals surface area contributed by atoms with E-state index in [4.69, 9.17) is 18.9 Å². The van der Waals surface area contributed by atoms with Crippen LogP contribution in [-0.2, 0) is 11.2 Å². The van der Waals surface area contributed by atoms with Gasteiger partial charge in [0.15, 0.2) is 23.0 Å². The van der Waals surface area contributed by atoms with Crippen molar-refractivity contribution in [3.63, 3.8) is 0 Å². The van der Waals surface area contributed by atoms with Crippen LogP contribution in [0.4, 0.5) is 5.69 Å². The molecule has 0 radical (unpaired) electrons. The summed E-state index contributed by atoms with van der Waals surface area (Å²) in [5.41, 5.74) is 1.81. The van der Waals surface area contributed by atoms with Crippen LogP contribution in [0.25, 0.3) is 0 Å². The van der Waals surface area contributed by atoms with E-state index in [2.05, 4.69) is 5.32 Å². The molecule has 0 unspecified atom stereocenters. The second kappa shape index (κ2) is 8.84. The number of carbonyl (C=O) groups is 1. The van der Waals surface area contributed by atoms with Gasteiger partial charge >= 0.3 is 0 Å². The highest BCUT2D eigenvalue weighted by Gasteiger charge is 2.20. The average Bonchev–Trinajstić information content (AvgIpc) is 3.18. The first kappa shape index (κ1) is 19.8. The van der Waals surface area contributed by atoms with Crippen molar-refractivity contribution in [1.82, 2.24) is 4.90 Å². The topological polar surface area (TPSA) is 69.3 Å². The highest BCUT2D eigenvalue weighted by molar-refractivity contribution is 5.94. The SMILES string of the molecule is COc1ccc(CCN(C)[C@H](C)C(=O)Nc2ccc3c(c2)OCO3)cc1OC. The summed E-state index contributed by atoms with van der Waals surface area (Å²) in [7, 11) is 5.17. The highest BCUT2D eigenvalue weighted by atomic mass is 16.7. The lowest BCUT2D eigenvalue weighted by atomic mass is 10.1. The molecule has 0 fully saturated rings. The number of anilines is 1. The third-order valence-electron chi connectivity index (χ3n) is 4.88. The number of hydrogen-bond donors (Lipinski definition) is 1. The Kier molecular flexibility index (Phi) is 6.26. The Morgan fingerprint density at radius 1 is 1.11 bits per heavy atom. The molecule has 28 heavy (non-hydrogen) atoms. The van der Waals surface area contributed by atoms with Crippen LogP contribution in [0, 0.1) is 0 Å². The van der Waals surface area contributed by atoms with E-state index in [0.29, 0.717) is 28.7 Å². The molecule has 0 saturated carbocycles. The molecular formula is C21H26N2O5. The molecule has 0 spiro atoms. The van der Waals surface area contributed by atoms with Crippen LogP contribution in [-0.4, -0.2) is 51.5 Å². The second-order valence-corrected chi connectivity index (χ2v) is 6.65. The monoisotopic (exact) mass is 386 g/mol. The van der Waals surface area contributed by atoms with Crippen molar-refractivity contribution in [3.05, 3.63) is 42.0 Å². The van der Waals surface area contributed by atoms with Gasteiger partial charge in [-0.05, 0) is 50.2 Å². The summed E-state index contributed by atoms with van der Waals surface area (Å²) in [4.78, 5) is 14.6. The van der Waals surface area contributed by atoms with Gasteiger partial charge in [0.25, 0.3) is 0 Å². The van der Waals surface area contributed by atoms with Gasteiger partial charge in [0, 0.05) is 18.3 Å². The fourth-order valence-electron chi connectivity index (χ4n) is 2.96. The van der Waals surface area contributed by atoms with E-state index in [0.717, 1.165) is 18.5 Å². The maximum absolute atomic E-state index is 12.6.